The molecule has 0 aliphatic carbocycles. The highest BCUT2D eigenvalue weighted by atomic mass is 32.2. The van der Waals surface area contributed by atoms with Gasteiger partial charge in [0.1, 0.15) is 13.2 Å². The summed E-state index contributed by atoms with van der Waals surface area (Å²) in [5, 5.41) is 14.3. The van der Waals surface area contributed by atoms with Crippen LogP contribution in [0.5, 0.6) is 11.5 Å². The van der Waals surface area contributed by atoms with Crippen LogP contribution >= 0.6 is 0 Å². The zero-order valence-corrected chi connectivity index (χ0v) is 27.1. The first-order valence-corrected chi connectivity index (χ1v) is 17.9. The third-order valence-corrected chi connectivity index (χ3v) is 11.4. The molecule has 1 amide bonds. The molecule has 244 valence electrons. The fourth-order valence-electron chi connectivity index (χ4n) is 5.15. The summed E-state index contributed by atoms with van der Waals surface area (Å²) >= 11 is 0. The van der Waals surface area contributed by atoms with Crippen molar-refractivity contribution in [3.63, 3.8) is 0 Å². The largest absolute Gasteiger partial charge is 0.486 e. The van der Waals surface area contributed by atoms with Crippen molar-refractivity contribution in [1.82, 2.24) is 13.9 Å². The van der Waals surface area contributed by atoms with E-state index >= 15 is 0 Å². The number of ether oxygens (including phenoxy) is 3. The Hall–Kier alpha value is -2.75. The summed E-state index contributed by atoms with van der Waals surface area (Å²) in [6.45, 7) is 6.83. The van der Waals surface area contributed by atoms with Gasteiger partial charge in [0.15, 0.2) is 11.5 Å². The molecule has 44 heavy (non-hydrogen) atoms. The number of fused-ring (bicyclic) bond motifs is 1. The van der Waals surface area contributed by atoms with Crippen molar-refractivity contribution in [2.24, 2.45) is 11.8 Å². The molecule has 0 spiro atoms. The highest BCUT2D eigenvalue weighted by molar-refractivity contribution is 7.89. The highest BCUT2D eigenvalue weighted by Crippen LogP contribution is 2.33. The molecule has 14 heteroatoms. The minimum atomic E-state index is -4.08. The average molecular weight is 654 g/mol. The summed E-state index contributed by atoms with van der Waals surface area (Å²) in [4.78, 5) is 13.3. The van der Waals surface area contributed by atoms with Crippen LogP contribution in [0.2, 0.25) is 0 Å². The lowest BCUT2D eigenvalue weighted by Crippen LogP contribution is -2.53. The first kappa shape index (κ1) is 34.1. The van der Waals surface area contributed by atoms with Crippen molar-refractivity contribution in [2.45, 2.75) is 44.2 Å². The molecule has 4 rings (SSSR count). The van der Waals surface area contributed by atoms with Gasteiger partial charge in [-0.25, -0.2) is 16.8 Å². The fraction of sp³-hybridized carbons (Fsp3) is 0.567. The van der Waals surface area contributed by atoms with Crippen LogP contribution in [-0.2, 0) is 36.0 Å². The van der Waals surface area contributed by atoms with Crippen molar-refractivity contribution in [3.8, 4) is 11.5 Å². The van der Waals surface area contributed by atoms with E-state index in [0.717, 1.165) is 5.56 Å². The lowest BCUT2D eigenvalue weighted by atomic mass is 10.00. The molecule has 2 aliphatic heterocycles. The maximum absolute atomic E-state index is 13.9. The molecule has 2 aromatic carbocycles. The van der Waals surface area contributed by atoms with Gasteiger partial charge in [0.05, 0.1) is 41.9 Å². The zero-order valence-electron chi connectivity index (χ0n) is 25.4. The summed E-state index contributed by atoms with van der Waals surface area (Å²) in [5.74, 6) is -1.14. The Labute approximate surface area is 260 Å². The van der Waals surface area contributed by atoms with E-state index in [1.165, 1.54) is 27.7 Å². The summed E-state index contributed by atoms with van der Waals surface area (Å²) < 4.78 is 72.5. The average Bonchev–Trinajstić information content (AvgIpc) is 3.00. The maximum atomic E-state index is 13.9. The molecule has 2 heterocycles. The van der Waals surface area contributed by atoms with E-state index in [1.807, 2.05) is 44.2 Å². The van der Waals surface area contributed by atoms with Gasteiger partial charge in [-0.3, -0.25) is 4.79 Å². The Morgan fingerprint density at radius 2 is 1.59 bits per heavy atom. The number of sulfonamides is 2. The van der Waals surface area contributed by atoms with Gasteiger partial charge in [0, 0.05) is 32.2 Å². The standard InChI is InChI=1S/C30H43N3O9S2/c1-22(2)19-33(44(38,39)25-9-10-28-29(18-25)42-16-15-41-28)20-27(34)26(17-24-7-5-4-6-8-24)31-30(35)23(3)21-43(36,37)32-11-13-40-14-12-32/h4-10,18,22-23,26-27,34H,11-17,19-21H2,1-3H3,(H,31,35)/t23-,26+,27-/m1/s1. The predicted octanol–water partition coefficient (Wildman–Crippen LogP) is 1.49. The van der Waals surface area contributed by atoms with Crippen molar-refractivity contribution in [1.29, 1.82) is 0 Å². The lowest BCUT2D eigenvalue weighted by molar-refractivity contribution is -0.125. The molecule has 0 unspecified atom stereocenters. The van der Waals surface area contributed by atoms with E-state index < -0.39 is 49.8 Å². The number of aliphatic hydroxyl groups excluding tert-OH is 1. The SMILES string of the molecule is CC(C)CN(C[C@@H](O)[C@H](Cc1ccccc1)NC(=O)[C@H](C)CS(=O)(=O)N1CCOCC1)S(=O)(=O)c1ccc2c(c1)OCCO2. The van der Waals surface area contributed by atoms with E-state index in [0.29, 0.717) is 37.9 Å². The molecule has 12 nitrogen and oxygen atoms in total. The molecule has 0 radical (unpaired) electrons. The molecule has 3 atom stereocenters. The molecule has 0 bridgehead atoms. The minimum Gasteiger partial charge on any atom is -0.486 e. The number of hydrogen-bond donors (Lipinski definition) is 2. The molecule has 2 aromatic rings. The Kier molecular flexibility index (Phi) is 11.7. The van der Waals surface area contributed by atoms with Gasteiger partial charge < -0.3 is 24.6 Å². The number of benzene rings is 2. The molecule has 2 aliphatic rings. The quantitative estimate of drug-likeness (QED) is 0.309. The summed E-state index contributed by atoms with van der Waals surface area (Å²) in [6.07, 6.45) is -1.11. The van der Waals surface area contributed by atoms with E-state index in [4.69, 9.17) is 14.2 Å². The number of carbonyl (C=O) groups excluding carboxylic acids is 1. The van der Waals surface area contributed by atoms with Gasteiger partial charge in [0.2, 0.25) is 26.0 Å². The number of nitrogens with zero attached hydrogens (tertiary/aromatic N) is 2. The molecule has 0 aromatic heterocycles. The monoisotopic (exact) mass is 653 g/mol. The van der Waals surface area contributed by atoms with Crippen molar-refractivity contribution >= 4 is 26.0 Å². The molecule has 0 saturated carbocycles. The highest BCUT2D eigenvalue weighted by Gasteiger charge is 2.34. The van der Waals surface area contributed by atoms with E-state index in [2.05, 4.69) is 5.32 Å². The zero-order chi connectivity index (χ0) is 31.9. The second-order valence-corrected chi connectivity index (χ2v) is 15.5. The van der Waals surface area contributed by atoms with Gasteiger partial charge in [0.25, 0.3) is 0 Å². The molecule has 1 fully saturated rings. The van der Waals surface area contributed by atoms with Crippen molar-refractivity contribution in [3.05, 3.63) is 54.1 Å². The Balaban J connectivity index is 1.54. The van der Waals surface area contributed by atoms with Gasteiger partial charge in [-0.2, -0.15) is 8.61 Å². The number of morpholine rings is 1. The maximum Gasteiger partial charge on any atom is 0.243 e. The van der Waals surface area contributed by atoms with Crippen LogP contribution in [0.4, 0.5) is 0 Å². The molecular formula is C30H43N3O9S2. The van der Waals surface area contributed by atoms with Crippen LogP contribution < -0.4 is 14.8 Å². The van der Waals surface area contributed by atoms with Crippen LogP contribution in [0.3, 0.4) is 0 Å². The van der Waals surface area contributed by atoms with E-state index in [1.54, 1.807) is 6.07 Å². The first-order chi connectivity index (χ1) is 20.9. The van der Waals surface area contributed by atoms with Gasteiger partial charge in [-0.15, -0.1) is 0 Å². The number of nitrogens with one attached hydrogen (secondary N) is 1. The fourth-order valence-corrected chi connectivity index (χ4v) is 8.48. The van der Waals surface area contributed by atoms with Crippen LogP contribution in [0.25, 0.3) is 0 Å². The second-order valence-electron chi connectivity index (χ2n) is 11.6. The third-order valence-electron chi connectivity index (χ3n) is 7.47. The normalized spacial score (nSPS) is 18.1. The number of aliphatic hydroxyl groups is 1. The van der Waals surface area contributed by atoms with Crippen LogP contribution in [0, 0.1) is 11.8 Å². The van der Waals surface area contributed by atoms with Crippen LogP contribution in [0.15, 0.2) is 53.4 Å². The minimum absolute atomic E-state index is 0.000173. The first-order valence-electron chi connectivity index (χ1n) is 14.8. The Bertz CT molecular complexity index is 1460. The smallest absolute Gasteiger partial charge is 0.243 e. The lowest BCUT2D eigenvalue weighted by Gasteiger charge is -2.32. The van der Waals surface area contributed by atoms with Crippen molar-refractivity contribution < 1.29 is 40.9 Å². The second kappa shape index (κ2) is 15.0. The Morgan fingerprint density at radius 3 is 2.25 bits per heavy atom. The molecular weight excluding hydrogens is 610 g/mol. The summed E-state index contributed by atoms with van der Waals surface area (Å²) in [7, 11) is -7.79. The van der Waals surface area contributed by atoms with E-state index in [9.17, 15) is 26.7 Å². The summed E-state index contributed by atoms with van der Waals surface area (Å²) in [5.41, 5.74) is 0.815. The topological polar surface area (TPSA) is 152 Å². The number of hydrogen-bond acceptors (Lipinski definition) is 9. The van der Waals surface area contributed by atoms with Crippen molar-refractivity contribution in [2.75, 3.05) is 58.4 Å². The number of amides is 1. The molecule has 1 saturated heterocycles. The molecule has 2 N–H and O–H groups in total. The Morgan fingerprint density at radius 1 is 0.932 bits per heavy atom. The van der Waals surface area contributed by atoms with E-state index in [-0.39, 0.29) is 43.4 Å². The summed E-state index contributed by atoms with van der Waals surface area (Å²) in [6, 6.07) is 12.7. The van der Waals surface area contributed by atoms with Crippen LogP contribution in [0.1, 0.15) is 26.3 Å². The number of carbonyl (C=O) groups is 1. The van der Waals surface area contributed by atoms with Gasteiger partial charge in [-0.05, 0) is 30.0 Å². The predicted molar refractivity (Wildman–Crippen MR) is 164 cm³/mol. The van der Waals surface area contributed by atoms with Crippen LogP contribution in [-0.4, -0.2) is 107 Å². The number of rotatable bonds is 14. The third kappa shape index (κ3) is 8.92. The van der Waals surface area contributed by atoms with Gasteiger partial charge >= 0.3 is 0 Å². The van der Waals surface area contributed by atoms with Gasteiger partial charge in [-0.1, -0.05) is 51.1 Å².